The van der Waals surface area contributed by atoms with Gasteiger partial charge >= 0.3 is 23.9 Å². The van der Waals surface area contributed by atoms with Crippen molar-refractivity contribution in [3.8, 4) is 11.5 Å². The Bertz CT molecular complexity index is 1590. The van der Waals surface area contributed by atoms with E-state index in [1.54, 1.807) is 44.2 Å². The number of hydrogen-bond acceptors (Lipinski definition) is 11. The molecular weight excluding hydrogens is 596 g/mol. The van der Waals surface area contributed by atoms with Gasteiger partial charge in [-0.2, -0.15) is 0 Å². The number of cyclic esters (lactones) is 2. The summed E-state index contributed by atoms with van der Waals surface area (Å²) >= 11 is 0. The fourth-order valence-corrected chi connectivity index (χ4v) is 4.75. The van der Waals surface area contributed by atoms with Gasteiger partial charge in [-0.3, -0.25) is 14.4 Å². The number of ether oxygens (including phenoxy) is 5. The molecular formula is C34H36N2O10. The predicted octanol–water partition coefficient (Wildman–Crippen LogP) is 3.63. The number of rotatable bonds is 9. The van der Waals surface area contributed by atoms with Crippen LogP contribution >= 0.6 is 0 Å². The highest BCUT2D eigenvalue weighted by Crippen LogP contribution is 2.31. The van der Waals surface area contributed by atoms with Crippen LogP contribution in [0.5, 0.6) is 11.5 Å². The smallest absolute Gasteiger partial charge is 0.343 e. The van der Waals surface area contributed by atoms with Crippen molar-refractivity contribution in [3.63, 3.8) is 0 Å². The van der Waals surface area contributed by atoms with Gasteiger partial charge in [-0.25, -0.2) is 14.6 Å². The first-order chi connectivity index (χ1) is 22.0. The van der Waals surface area contributed by atoms with E-state index in [2.05, 4.69) is 10.3 Å². The molecule has 0 radical (unpaired) electrons. The lowest BCUT2D eigenvalue weighted by atomic mass is 9.91. The van der Waals surface area contributed by atoms with Crippen LogP contribution in [-0.4, -0.2) is 66.7 Å². The lowest BCUT2D eigenvalue weighted by Gasteiger charge is -2.29. The van der Waals surface area contributed by atoms with E-state index in [1.165, 1.54) is 26.3 Å². The fourth-order valence-electron chi connectivity index (χ4n) is 4.75. The molecule has 1 aliphatic heterocycles. The number of nitrogens with one attached hydrogen (secondary N) is 1. The van der Waals surface area contributed by atoms with Gasteiger partial charge in [-0.05, 0) is 38.0 Å². The van der Waals surface area contributed by atoms with Crippen LogP contribution in [0, 0.1) is 18.8 Å². The van der Waals surface area contributed by atoms with E-state index >= 15 is 0 Å². The van der Waals surface area contributed by atoms with Crippen molar-refractivity contribution < 1.29 is 47.7 Å². The lowest BCUT2D eigenvalue weighted by Crippen LogP contribution is -2.47. The minimum Gasteiger partial charge on any atom is -0.493 e. The van der Waals surface area contributed by atoms with Gasteiger partial charge in [0, 0.05) is 12.3 Å². The molecule has 4 rings (SSSR count). The van der Waals surface area contributed by atoms with Crippen LogP contribution in [0.2, 0.25) is 0 Å². The molecule has 2 heterocycles. The van der Waals surface area contributed by atoms with Gasteiger partial charge in [0.15, 0.2) is 23.6 Å². The summed E-state index contributed by atoms with van der Waals surface area (Å²) in [6.07, 6.45) is -0.857. The van der Waals surface area contributed by atoms with E-state index < -0.39 is 66.5 Å². The van der Waals surface area contributed by atoms with Gasteiger partial charge in [0.1, 0.15) is 18.6 Å². The fraction of sp³-hybridized carbons (Fsp3) is 0.353. The molecule has 12 nitrogen and oxygen atoms in total. The Morgan fingerprint density at radius 3 is 2.43 bits per heavy atom. The average Bonchev–Trinajstić information content (AvgIpc) is 3.07. The third kappa shape index (κ3) is 8.26. The van der Waals surface area contributed by atoms with Crippen LogP contribution in [0.15, 0.2) is 66.9 Å². The molecule has 0 bridgehead atoms. The Morgan fingerprint density at radius 2 is 1.76 bits per heavy atom. The summed E-state index contributed by atoms with van der Waals surface area (Å²) in [7, 11) is 1.33. The summed E-state index contributed by atoms with van der Waals surface area (Å²) in [5, 5.41) is 2.47. The van der Waals surface area contributed by atoms with Gasteiger partial charge in [0.25, 0.3) is 5.91 Å². The summed E-state index contributed by atoms with van der Waals surface area (Å²) < 4.78 is 27.7. The van der Waals surface area contributed by atoms with Gasteiger partial charge in [0.05, 0.1) is 18.6 Å². The normalized spacial score (nSPS) is 19.9. The molecule has 1 saturated heterocycles. The predicted molar refractivity (Wildman–Crippen MR) is 163 cm³/mol. The molecule has 2 aromatic carbocycles. The quantitative estimate of drug-likeness (QED) is 0.271. The van der Waals surface area contributed by atoms with Gasteiger partial charge in [-0.1, -0.05) is 61.9 Å². The molecule has 3 aromatic rings. The van der Waals surface area contributed by atoms with E-state index in [4.69, 9.17) is 23.7 Å². The maximum Gasteiger partial charge on any atom is 0.343 e. The molecule has 4 atom stereocenters. The minimum atomic E-state index is -1.48. The van der Waals surface area contributed by atoms with Crippen molar-refractivity contribution in [3.05, 3.63) is 89.2 Å². The Labute approximate surface area is 266 Å². The summed E-state index contributed by atoms with van der Waals surface area (Å²) in [6, 6.07) is 15.6. The maximum absolute atomic E-state index is 13.5. The number of nitrogens with zero attached hydrogens (tertiary/aromatic N) is 1. The molecule has 0 saturated carbocycles. The first-order valence-corrected chi connectivity index (χ1v) is 14.7. The number of carbonyl (C=O) groups is 5. The van der Waals surface area contributed by atoms with Crippen molar-refractivity contribution in [1.82, 2.24) is 10.3 Å². The van der Waals surface area contributed by atoms with E-state index in [9.17, 15) is 24.0 Å². The molecule has 1 fully saturated rings. The van der Waals surface area contributed by atoms with Crippen LogP contribution < -0.4 is 14.8 Å². The second-order valence-corrected chi connectivity index (χ2v) is 11.1. The average molecular weight is 633 g/mol. The Balaban J connectivity index is 1.59. The minimum absolute atomic E-state index is 0.0387. The van der Waals surface area contributed by atoms with Crippen molar-refractivity contribution in [2.24, 2.45) is 11.8 Å². The summed E-state index contributed by atoms with van der Waals surface area (Å²) in [6.45, 7) is 6.00. The highest BCUT2D eigenvalue weighted by atomic mass is 16.6. The zero-order chi connectivity index (χ0) is 33.4. The standard InChI is InChI=1S/C34H36N2O10/c1-19(2)31(38)45-28-21(4)44-34(41)25(18-43-33(40)24(28)17-22-11-7-6-8-12-22)36-30(37)27-29(26(42-5)14-15-35-27)46-32(39)23-13-9-10-20(3)16-23/h6-16,19,21,24-25,28H,17-18H2,1-5H3,(H,36,37)/t21-,24+,25-,28-/m0/s1. The molecule has 1 aliphatic rings. The van der Waals surface area contributed by atoms with Crippen molar-refractivity contribution >= 4 is 29.8 Å². The zero-order valence-electron chi connectivity index (χ0n) is 26.2. The van der Waals surface area contributed by atoms with Gasteiger partial charge in [-0.15, -0.1) is 0 Å². The molecule has 0 unspecified atom stereocenters. The van der Waals surface area contributed by atoms with Gasteiger partial charge in [0.2, 0.25) is 5.75 Å². The topological polar surface area (TPSA) is 156 Å². The van der Waals surface area contributed by atoms with E-state index in [0.717, 1.165) is 11.1 Å². The largest absolute Gasteiger partial charge is 0.493 e. The zero-order valence-corrected chi connectivity index (χ0v) is 26.2. The number of hydrogen-bond donors (Lipinski definition) is 1. The Hall–Kier alpha value is -5.26. The molecule has 46 heavy (non-hydrogen) atoms. The van der Waals surface area contributed by atoms with Crippen LogP contribution in [0.25, 0.3) is 0 Å². The van der Waals surface area contributed by atoms with Crippen LogP contribution in [0.1, 0.15) is 52.7 Å². The number of benzene rings is 2. The number of methoxy groups -OCH3 is 1. The third-order valence-electron chi connectivity index (χ3n) is 7.22. The van der Waals surface area contributed by atoms with Crippen LogP contribution in [0.4, 0.5) is 0 Å². The first kappa shape index (κ1) is 33.6. The number of pyridine rings is 1. The Kier molecular flexibility index (Phi) is 11.1. The van der Waals surface area contributed by atoms with Crippen LogP contribution in [0.3, 0.4) is 0 Å². The van der Waals surface area contributed by atoms with Crippen molar-refractivity contribution in [2.75, 3.05) is 13.7 Å². The number of carbonyl (C=O) groups excluding carboxylic acids is 5. The third-order valence-corrected chi connectivity index (χ3v) is 7.22. The van der Waals surface area contributed by atoms with E-state index in [1.807, 2.05) is 31.2 Å². The molecule has 1 aromatic heterocycles. The molecule has 0 spiro atoms. The molecule has 242 valence electrons. The SMILES string of the molecule is COc1ccnc(C(=O)N[C@H]2COC(=O)[C@H](Cc3ccccc3)[C@@H](OC(=O)C(C)C)[C@H](C)OC2=O)c1OC(=O)c1cccc(C)c1. The summed E-state index contributed by atoms with van der Waals surface area (Å²) in [4.78, 5) is 70.0. The van der Waals surface area contributed by atoms with E-state index in [-0.39, 0.29) is 29.2 Å². The number of aryl methyl sites for hydroxylation is 1. The van der Waals surface area contributed by atoms with Gasteiger partial charge < -0.3 is 29.0 Å². The van der Waals surface area contributed by atoms with E-state index in [0.29, 0.717) is 0 Å². The lowest BCUT2D eigenvalue weighted by molar-refractivity contribution is -0.176. The second kappa shape index (κ2) is 15.2. The molecule has 1 N–H and O–H groups in total. The Morgan fingerprint density at radius 1 is 1.02 bits per heavy atom. The molecule has 12 heteroatoms. The highest BCUT2D eigenvalue weighted by molar-refractivity contribution is 6.00. The number of aromatic nitrogens is 1. The highest BCUT2D eigenvalue weighted by Gasteiger charge is 2.42. The van der Waals surface area contributed by atoms with Crippen LogP contribution in [-0.2, 0) is 35.0 Å². The van der Waals surface area contributed by atoms with Crippen molar-refractivity contribution in [2.45, 2.75) is 52.4 Å². The molecule has 0 aliphatic carbocycles. The summed E-state index contributed by atoms with van der Waals surface area (Å²) in [5.41, 5.74) is 1.46. The number of esters is 4. The maximum atomic E-state index is 13.5. The second-order valence-electron chi connectivity index (χ2n) is 11.1. The number of amides is 1. The monoisotopic (exact) mass is 632 g/mol. The first-order valence-electron chi connectivity index (χ1n) is 14.7. The van der Waals surface area contributed by atoms with Crippen molar-refractivity contribution in [1.29, 1.82) is 0 Å². The molecule has 1 amide bonds. The summed E-state index contributed by atoms with van der Waals surface area (Å²) in [5.74, 6) is -5.74.